The monoisotopic (exact) mass is 260 g/mol. The van der Waals surface area contributed by atoms with Gasteiger partial charge >= 0.3 is 0 Å². The van der Waals surface area contributed by atoms with Crippen molar-refractivity contribution in [2.45, 2.75) is 33.7 Å². The van der Waals surface area contributed by atoms with E-state index in [1.165, 1.54) is 0 Å². The van der Waals surface area contributed by atoms with E-state index in [9.17, 15) is 0 Å². The Morgan fingerprint density at radius 3 is 2.37 bits per heavy atom. The van der Waals surface area contributed by atoms with Gasteiger partial charge in [0.2, 0.25) is 0 Å². The minimum absolute atomic E-state index is 0.136. The van der Waals surface area contributed by atoms with Crippen LogP contribution in [-0.4, -0.2) is 17.0 Å². The van der Waals surface area contributed by atoms with Crippen LogP contribution >= 0.6 is 0 Å². The van der Waals surface area contributed by atoms with Crippen LogP contribution in [0.1, 0.15) is 35.9 Å². The van der Waals surface area contributed by atoms with E-state index in [-0.39, 0.29) is 6.04 Å². The molecule has 1 unspecified atom stereocenters. The van der Waals surface area contributed by atoms with Gasteiger partial charge in [-0.05, 0) is 33.8 Å². The van der Waals surface area contributed by atoms with Crippen LogP contribution in [0, 0.1) is 20.8 Å². The van der Waals surface area contributed by atoms with Gasteiger partial charge in [0, 0.05) is 18.7 Å². The van der Waals surface area contributed by atoms with Gasteiger partial charge < -0.3 is 15.1 Å². The molecule has 2 N–H and O–H groups in total. The summed E-state index contributed by atoms with van der Waals surface area (Å²) < 4.78 is 5.56. The molecule has 0 saturated carbocycles. The third-order valence-electron chi connectivity index (χ3n) is 3.00. The summed E-state index contributed by atoms with van der Waals surface area (Å²) in [5.41, 5.74) is 1.15. The van der Waals surface area contributed by atoms with Crippen molar-refractivity contribution in [3.63, 3.8) is 0 Å². The molecule has 2 aromatic rings. The lowest BCUT2D eigenvalue weighted by Crippen LogP contribution is -2.10. The number of anilines is 2. The van der Waals surface area contributed by atoms with Gasteiger partial charge in [-0.25, -0.2) is 9.97 Å². The van der Waals surface area contributed by atoms with E-state index in [2.05, 4.69) is 33.6 Å². The number of furan rings is 1. The first-order valence-corrected chi connectivity index (χ1v) is 6.36. The summed E-state index contributed by atoms with van der Waals surface area (Å²) in [6, 6.07) is 4.09. The SMILES string of the molecule is CNc1cc(NC(C)c2cc(C)oc2C)nc(C)n1. The van der Waals surface area contributed by atoms with Gasteiger partial charge in [-0.3, -0.25) is 0 Å². The molecular formula is C14H20N4O. The van der Waals surface area contributed by atoms with Gasteiger partial charge in [-0.15, -0.1) is 0 Å². The Morgan fingerprint density at radius 2 is 1.79 bits per heavy atom. The number of aryl methyl sites for hydroxylation is 3. The minimum atomic E-state index is 0.136. The molecule has 102 valence electrons. The standard InChI is InChI=1S/C14H20N4O/c1-8-6-12(10(3)19-8)9(2)16-14-7-13(15-5)17-11(4)18-14/h6-7,9H,1-5H3,(H2,15,16,17,18). The molecule has 0 aromatic carbocycles. The molecule has 1 atom stereocenters. The van der Waals surface area contributed by atoms with Crippen LogP contribution in [0.15, 0.2) is 16.5 Å². The molecule has 5 heteroatoms. The van der Waals surface area contributed by atoms with E-state index in [1.807, 2.05) is 33.9 Å². The van der Waals surface area contributed by atoms with E-state index in [0.29, 0.717) is 0 Å². The maximum Gasteiger partial charge on any atom is 0.132 e. The largest absolute Gasteiger partial charge is 0.466 e. The zero-order chi connectivity index (χ0) is 14.0. The van der Waals surface area contributed by atoms with Gasteiger partial charge in [-0.1, -0.05) is 0 Å². The van der Waals surface area contributed by atoms with Gasteiger partial charge in [0.05, 0.1) is 6.04 Å². The summed E-state index contributed by atoms with van der Waals surface area (Å²) >= 11 is 0. The number of aromatic nitrogens is 2. The number of nitrogens with one attached hydrogen (secondary N) is 2. The fourth-order valence-electron chi connectivity index (χ4n) is 2.15. The number of hydrogen-bond acceptors (Lipinski definition) is 5. The summed E-state index contributed by atoms with van der Waals surface area (Å²) in [4.78, 5) is 8.66. The minimum Gasteiger partial charge on any atom is -0.466 e. The first kappa shape index (κ1) is 13.4. The zero-order valence-electron chi connectivity index (χ0n) is 12.0. The molecule has 0 aliphatic rings. The van der Waals surface area contributed by atoms with Crippen LogP contribution in [0.25, 0.3) is 0 Å². The van der Waals surface area contributed by atoms with E-state index in [4.69, 9.17) is 4.42 Å². The van der Waals surface area contributed by atoms with Gasteiger partial charge in [0.1, 0.15) is 29.0 Å². The average molecular weight is 260 g/mol. The molecule has 0 saturated heterocycles. The second-order valence-electron chi connectivity index (χ2n) is 4.67. The van der Waals surface area contributed by atoms with Gasteiger partial charge in [0.15, 0.2) is 0 Å². The van der Waals surface area contributed by atoms with Crippen LogP contribution in [0.5, 0.6) is 0 Å². The third kappa shape index (κ3) is 3.05. The van der Waals surface area contributed by atoms with Crippen molar-refractivity contribution in [3.8, 4) is 0 Å². The molecule has 5 nitrogen and oxygen atoms in total. The Bertz CT molecular complexity index is 577. The van der Waals surface area contributed by atoms with Crippen LogP contribution in [-0.2, 0) is 0 Å². The fourth-order valence-corrected chi connectivity index (χ4v) is 2.15. The predicted octanol–water partition coefficient (Wildman–Crippen LogP) is 3.21. The van der Waals surface area contributed by atoms with Crippen molar-refractivity contribution >= 4 is 11.6 Å². The van der Waals surface area contributed by atoms with Crippen molar-refractivity contribution in [3.05, 3.63) is 35.0 Å². The first-order valence-electron chi connectivity index (χ1n) is 6.36. The molecule has 0 amide bonds. The van der Waals surface area contributed by atoms with Gasteiger partial charge in [-0.2, -0.15) is 0 Å². The summed E-state index contributed by atoms with van der Waals surface area (Å²) in [6.45, 7) is 7.90. The number of hydrogen-bond donors (Lipinski definition) is 2. The molecular weight excluding hydrogens is 240 g/mol. The highest BCUT2D eigenvalue weighted by Gasteiger charge is 2.13. The molecule has 0 radical (unpaired) electrons. The van der Waals surface area contributed by atoms with E-state index in [1.54, 1.807) is 0 Å². The molecule has 0 fully saturated rings. The van der Waals surface area contributed by atoms with Crippen molar-refractivity contribution in [2.24, 2.45) is 0 Å². The zero-order valence-corrected chi connectivity index (χ0v) is 12.0. The topological polar surface area (TPSA) is 63.0 Å². The smallest absolute Gasteiger partial charge is 0.132 e. The Morgan fingerprint density at radius 1 is 1.11 bits per heavy atom. The lowest BCUT2D eigenvalue weighted by Gasteiger charge is -2.15. The Balaban J connectivity index is 2.21. The normalized spacial score (nSPS) is 12.3. The lowest BCUT2D eigenvalue weighted by molar-refractivity contribution is 0.500. The summed E-state index contributed by atoms with van der Waals surface area (Å²) in [6.07, 6.45) is 0. The molecule has 2 rings (SSSR count). The predicted molar refractivity (Wildman–Crippen MR) is 76.5 cm³/mol. The molecule has 0 bridgehead atoms. The quantitative estimate of drug-likeness (QED) is 0.883. The molecule has 2 heterocycles. The highest BCUT2D eigenvalue weighted by Crippen LogP contribution is 2.24. The first-order chi connectivity index (χ1) is 8.99. The van der Waals surface area contributed by atoms with E-state index >= 15 is 0 Å². The highest BCUT2D eigenvalue weighted by atomic mass is 16.3. The number of rotatable bonds is 4. The average Bonchev–Trinajstić information content (AvgIpc) is 2.67. The fraction of sp³-hybridized carbons (Fsp3) is 0.429. The molecule has 19 heavy (non-hydrogen) atoms. The van der Waals surface area contributed by atoms with Crippen molar-refractivity contribution in [1.29, 1.82) is 0 Å². The van der Waals surface area contributed by atoms with Crippen LogP contribution < -0.4 is 10.6 Å². The highest BCUT2D eigenvalue weighted by molar-refractivity contribution is 5.48. The van der Waals surface area contributed by atoms with Crippen LogP contribution in [0.4, 0.5) is 11.6 Å². The van der Waals surface area contributed by atoms with E-state index in [0.717, 1.165) is 34.5 Å². The molecule has 0 spiro atoms. The summed E-state index contributed by atoms with van der Waals surface area (Å²) in [5, 5.41) is 6.40. The lowest BCUT2D eigenvalue weighted by atomic mass is 10.1. The van der Waals surface area contributed by atoms with E-state index < -0.39 is 0 Å². The van der Waals surface area contributed by atoms with Crippen LogP contribution in [0.3, 0.4) is 0 Å². The summed E-state index contributed by atoms with van der Waals surface area (Å²) in [7, 11) is 1.85. The molecule has 2 aromatic heterocycles. The third-order valence-corrected chi connectivity index (χ3v) is 3.00. The maximum absolute atomic E-state index is 5.56. The molecule has 0 aliphatic carbocycles. The maximum atomic E-state index is 5.56. The van der Waals surface area contributed by atoms with Crippen molar-refractivity contribution < 1.29 is 4.42 Å². The van der Waals surface area contributed by atoms with Gasteiger partial charge in [0.25, 0.3) is 0 Å². The van der Waals surface area contributed by atoms with Crippen LogP contribution in [0.2, 0.25) is 0 Å². The molecule has 0 aliphatic heterocycles. The van der Waals surface area contributed by atoms with Crippen molar-refractivity contribution in [1.82, 2.24) is 9.97 Å². The van der Waals surface area contributed by atoms with Crippen molar-refractivity contribution in [2.75, 3.05) is 17.7 Å². The summed E-state index contributed by atoms with van der Waals surface area (Å²) in [5.74, 6) is 4.22. The Kier molecular flexibility index (Phi) is 3.74. The second kappa shape index (κ2) is 5.30. The second-order valence-corrected chi connectivity index (χ2v) is 4.67. The number of nitrogens with zero attached hydrogens (tertiary/aromatic N) is 2. The Labute approximate surface area is 113 Å². The Hall–Kier alpha value is -2.04.